The zero-order valence-corrected chi connectivity index (χ0v) is 17.0. The van der Waals surface area contributed by atoms with Crippen molar-refractivity contribution in [2.24, 2.45) is 5.73 Å². The molecule has 28 heavy (non-hydrogen) atoms. The number of unbranched alkanes of at least 4 members (excludes halogenated alkanes) is 1. The molecular weight excluding hydrogens is 352 g/mol. The molecule has 5 heteroatoms. The van der Waals surface area contributed by atoms with Crippen LogP contribution in [0.25, 0.3) is 0 Å². The number of hydrogen-bond acceptors (Lipinski definition) is 4. The van der Waals surface area contributed by atoms with E-state index >= 15 is 0 Å². The van der Waals surface area contributed by atoms with Gasteiger partial charge in [0.05, 0.1) is 12.2 Å². The molecule has 152 valence electrons. The predicted molar refractivity (Wildman–Crippen MR) is 113 cm³/mol. The molecule has 1 aliphatic carbocycles. The van der Waals surface area contributed by atoms with Crippen molar-refractivity contribution in [1.82, 2.24) is 5.32 Å². The summed E-state index contributed by atoms with van der Waals surface area (Å²) in [5.74, 6) is 0.692. The molecule has 0 unspecified atom stereocenters. The lowest BCUT2D eigenvalue weighted by atomic mass is 10.1. The number of carbonyl (C=O) groups excluding carboxylic acids is 1. The minimum absolute atomic E-state index is 0.144. The van der Waals surface area contributed by atoms with Crippen LogP contribution in [-0.2, 0) is 16.1 Å². The molecule has 1 aromatic rings. The number of carbonyl (C=O) groups is 1. The van der Waals surface area contributed by atoms with Gasteiger partial charge in [-0.3, -0.25) is 4.79 Å². The van der Waals surface area contributed by atoms with Crippen molar-refractivity contribution in [3.8, 4) is 5.75 Å². The molecule has 1 aliphatic rings. The van der Waals surface area contributed by atoms with E-state index in [2.05, 4.69) is 12.2 Å². The third kappa shape index (κ3) is 7.24. The molecule has 1 aromatic carbocycles. The summed E-state index contributed by atoms with van der Waals surface area (Å²) >= 11 is 0. The van der Waals surface area contributed by atoms with E-state index < -0.39 is 0 Å². The normalized spacial score (nSPS) is 13.9. The van der Waals surface area contributed by atoms with E-state index in [1.165, 1.54) is 5.57 Å². The molecule has 0 bridgehead atoms. The van der Waals surface area contributed by atoms with Crippen LogP contribution in [0.5, 0.6) is 5.75 Å². The number of allylic oxidation sites excluding steroid dienone is 3. The summed E-state index contributed by atoms with van der Waals surface area (Å²) in [7, 11) is 0. The fourth-order valence-electron chi connectivity index (χ4n) is 2.87. The third-order valence-corrected chi connectivity index (χ3v) is 4.59. The Bertz CT molecular complexity index is 718. The Kier molecular flexibility index (Phi) is 9.35. The summed E-state index contributed by atoms with van der Waals surface area (Å²) in [5, 5.41) is 2.95. The Hall–Kier alpha value is -2.53. The molecule has 0 saturated heterocycles. The van der Waals surface area contributed by atoms with Crippen LogP contribution < -0.4 is 15.8 Å². The molecule has 0 heterocycles. The second-order valence-corrected chi connectivity index (χ2v) is 6.73. The van der Waals surface area contributed by atoms with Crippen LogP contribution in [0.3, 0.4) is 0 Å². The van der Waals surface area contributed by atoms with Crippen LogP contribution in [0.4, 0.5) is 0 Å². The number of hydrogen-bond donors (Lipinski definition) is 2. The minimum atomic E-state index is -0.144. The van der Waals surface area contributed by atoms with Gasteiger partial charge in [0, 0.05) is 31.9 Å². The highest BCUT2D eigenvalue weighted by Crippen LogP contribution is 2.19. The van der Waals surface area contributed by atoms with E-state index in [1.54, 1.807) is 6.08 Å². The molecule has 0 aromatic heterocycles. The Morgan fingerprint density at radius 2 is 1.89 bits per heavy atom. The molecule has 3 N–H and O–H groups in total. The lowest BCUT2D eigenvalue weighted by Gasteiger charge is -2.10. The maximum absolute atomic E-state index is 12.5. The molecule has 0 aliphatic heterocycles. The number of nitrogens with two attached hydrogens (primary N) is 1. The molecule has 0 fully saturated rings. The largest absolute Gasteiger partial charge is 0.494 e. The van der Waals surface area contributed by atoms with E-state index in [4.69, 9.17) is 15.2 Å². The van der Waals surface area contributed by atoms with Gasteiger partial charge in [0.25, 0.3) is 5.91 Å². The average Bonchev–Trinajstić information content (AvgIpc) is 2.90. The van der Waals surface area contributed by atoms with Gasteiger partial charge in [-0.25, -0.2) is 0 Å². The van der Waals surface area contributed by atoms with Gasteiger partial charge < -0.3 is 20.5 Å². The van der Waals surface area contributed by atoms with Gasteiger partial charge in [0.2, 0.25) is 0 Å². The van der Waals surface area contributed by atoms with Crippen LogP contribution in [0.2, 0.25) is 0 Å². The number of nitrogens with one attached hydrogen (secondary N) is 1. The fraction of sp³-hybridized carbons (Fsp3) is 0.435. The van der Waals surface area contributed by atoms with Crippen LogP contribution in [0.1, 0.15) is 45.1 Å². The number of benzene rings is 1. The van der Waals surface area contributed by atoms with Gasteiger partial charge in [-0.05, 0) is 50.0 Å². The summed E-state index contributed by atoms with van der Waals surface area (Å²) in [6.45, 7) is 6.76. The minimum Gasteiger partial charge on any atom is -0.494 e. The van der Waals surface area contributed by atoms with Gasteiger partial charge in [-0.15, -0.1) is 0 Å². The maximum Gasteiger partial charge on any atom is 0.253 e. The Balaban J connectivity index is 1.77. The Labute approximate surface area is 168 Å². The number of amides is 1. The highest BCUT2D eigenvalue weighted by Gasteiger charge is 2.13. The smallest absolute Gasteiger partial charge is 0.253 e. The van der Waals surface area contributed by atoms with Crippen molar-refractivity contribution in [3.05, 3.63) is 64.9 Å². The standard InChI is InChI=1S/C23H32N2O3/c1-3-18-8-7-9-21(22(24)16-18)23(26)25-17-19-10-12-20(13-11-19)28-15-6-5-14-27-4-2/h7-13H,3-6,14-17,24H2,1-2H3,(H,25,26). The zero-order valence-electron chi connectivity index (χ0n) is 17.0. The first-order chi connectivity index (χ1) is 13.6. The lowest BCUT2D eigenvalue weighted by molar-refractivity contribution is -0.117. The van der Waals surface area contributed by atoms with Crippen molar-refractivity contribution in [2.45, 2.75) is 46.1 Å². The second kappa shape index (κ2) is 12.0. The van der Waals surface area contributed by atoms with Crippen LogP contribution in [0.15, 0.2) is 59.3 Å². The number of rotatable bonds is 11. The van der Waals surface area contributed by atoms with Crippen molar-refractivity contribution in [3.63, 3.8) is 0 Å². The van der Waals surface area contributed by atoms with Crippen molar-refractivity contribution >= 4 is 5.91 Å². The average molecular weight is 385 g/mol. The first kappa shape index (κ1) is 21.8. The van der Waals surface area contributed by atoms with Gasteiger partial charge in [-0.2, -0.15) is 0 Å². The third-order valence-electron chi connectivity index (χ3n) is 4.59. The summed E-state index contributed by atoms with van der Waals surface area (Å²) in [5.41, 5.74) is 9.53. The monoisotopic (exact) mass is 384 g/mol. The first-order valence-corrected chi connectivity index (χ1v) is 10.1. The maximum atomic E-state index is 12.5. The Morgan fingerprint density at radius 1 is 1.14 bits per heavy atom. The van der Waals surface area contributed by atoms with Crippen LogP contribution >= 0.6 is 0 Å². The predicted octanol–water partition coefficient (Wildman–Crippen LogP) is 4.01. The highest BCUT2D eigenvalue weighted by atomic mass is 16.5. The SMILES string of the molecule is CCOCCCCOc1ccc(CNC(=O)C2=C(N)CC(CC)=CC=C2)cc1. The van der Waals surface area contributed by atoms with Gasteiger partial charge in [0.15, 0.2) is 0 Å². The zero-order chi connectivity index (χ0) is 20.2. The topological polar surface area (TPSA) is 73.6 Å². The van der Waals surface area contributed by atoms with E-state index in [-0.39, 0.29) is 5.91 Å². The molecular formula is C23H32N2O3. The van der Waals surface area contributed by atoms with Gasteiger partial charge in [0.1, 0.15) is 5.75 Å². The molecule has 0 saturated carbocycles. The summed E-state index contributed by atoms with van der Waals surface area (Å²) in [6.07, 6.45) is 9.26. The van der Waals surface area contributed by atoms with Crippen LogP contribution in [0, 0.1) is 0 Å². The number of ether oxygens (including phenoxy) is 2. The van der Waals surface area contributed by atoms with Gasteiger partial charge >= 0.3 is 0 Å². The quantitative estimate of drug-likeness (QED) is 0.566. The molecule has 0 radical (unpaired) electrons. The van der Waals surface area contributed by atoms with Crippen molar-refractivity contribution in [2.75, 3.05) is 19.8 Å². The first-order valence-electron chi connectivity index (χ1n) is 10.1. The molecule has 2 rings (SSSR count). The molecule has 5 nitrogen and oxygen atoms in total. The molecule has 1 amide bonds. The summed E-state index contributed by atoms with van der Waals surface area (Å²) in [6, 6.07) is 7.79. The highest BCUT2D eigenvalue weighted by molar-refractivity contribution is 5.97. The van der Waals surface area contributed by atoms with Crippen molar-refractivity contribution < 1.29 is 14.3 Å². The fourth-order valence-corrected chi connectivity index (χ4v) is 2.87. The van der Waals surface area contributed by atoms with E-state index in [1.807, 2.05) is 43.3 Å². The second-order valence-electron chi connectivity index (χ2n) is 6.73. The van der Waals surface area contributed by atoms with Gasteiger partial charge in [-0.1, -0.05) is 36.8 Å². The molecule has 0 atom stereocenters. The lowest BCUT2D eigenvalue weighted by Crippen LogP contribution is -2.26. The summed E-state index contributed by atoms with van der Waals surface area (Å²) in [4.78, 5) is 12.5. The molecule has 0 spiro atoms. The summed E-state index contributed by atoms with van der Waals surface area (Å²) < 4.78 is 11.0. The Morgan fingerprint density at radius 3 is 2.61 bits per heavy atom. The van der Waals surface area contributed by atoms with E-state index in [9.17, 15) is 4.79 Å². The van der Waals surface area contributed by atoms with Crippen molar-refractivity contribution in [1.29, 1.82) is 0 Å². The van der Waals surface area contributed by atoms with E-state index in [0.717, 1.165) is 43.8 Å². The van der Waals surface area contributed by atoms with E-state index in [0.29, 0.717) is 30.8 Å². The van der Waals surface area contributed by atoms with Crippen LogP contribution in [-0.4, -0.2) is 25.7 Å².